The number of amides is 1. The fraction of sp³-hybridized carbons (Fsp3) is 0.0400. The van der Waals surface area contributed by atoms with Crippen molar-refractivity contribution in [3.8, 4) is 5.75 Å². The van der Waals surface area contributed by atoms with Crippen LogP contribution < -0.4 is 10.2 Å². The molecule has 4 rings (SSSR count). The number of carbonyl (C=O) groups is 1. The molecule has 0 aliphatic heterocycles. The van der Waals surface area contributed by atoms with Crippen LogP contribution in [0.15, 0.2) is 94.5 Å². The summed E-state index contributed by atoms with van der Waals surface area (Å²) in [6.07, 6.45) is 1.56. The highest BCUT2D eigenvalue weighted by Crippen LogP contribution is 2.25. The molecule has 154 valence electrons. The molecule has 0 bridgehead atoms. The Hall–Kier alpha value is -3.15. The molecule has 0 radical (unpaired) electrons. The summed E-state index contributed by atoms with van der Waals surface area (Å²) < 4.78 is 6.98. The first kappa shape index (κ1) is 21.1. The van der Waals surface area contributed by atoms with Crippen molar-refractivity contribution >= 4 is 50.4 Å². The van der Waals surface area contributed by atoms with Gasteiger partial charge >= 0.3 is 0 Å². The number of hydrogen-bond donors (Lipinski definition) is 1. The molecular formula is C25H18BrClN2O2. The van der Waals surface area contributed by atoms with Crippen molar-refractivity contribution in [1.82, 2.24) is 5.43 Å². The molecule has 0 saturated carbocycles. The zero-order chi connectivity index (χ0) is 21.6. The lowest BCUT2D eigenvalue weighted by atomic mass is 10.1. The van der Waals surface area contributed by atoms with E-state index in [0.717, 1.165) is 21.0 Å². The van der Waals surface area contributed by atoms with Crippen molar-refractivity contribution in [3.05, 3.63) is 111 Å². The predicted molar refractivity (Wildman–Crippen MR) is 129 cm³/mol. The summed E-state index contributed by atoms with van der Waals surface area (Å²) in [5, 5.41) is 6.91. The summed E-state index contributed by atoms with van der Waals surface area (Å²) >= 11 is 9.41. The first-order chi connectivity index (χ1) is 15.1. The second-order valence-electron chi connectivity index (χ2n) is 6.82. The Balaban J connectivity index is 1.49. The minimum atomic E-state index is -0.341. The molecule has 6 heteroatoms. The summed E-state index contributed by atoms with van der Waals surface area (Å²) in [4.78, 5) is 12.3. The molecule has 31 heavy (non-hydrogen) atoms. The van der Waals surface area contributed by atoms with E-state index in [0.29, 0.717) is 22.9 Å². The molecule has 0 spiro atoms. The number of nitrogens with one attached hydrogen (secondary N) is 1. The summed E-state index contributed by atoms with van der Waals surface area (Å²) in [6, 6.07) is 26.7. The second kappa shape index (κ2) is 9.77. The van der Waals surface area contributed by atoms with Gasteiger partial charge in [-0.1, -0.05) is 76.1 Å². The maximum Gasteiger partial charge on any atom is 0.271 e. The smallest absolute Gasteiger partial charge is 0.271 e. The van der Waals surface area contributed by atoms with Crippen LogP contribution in [-0.2, 0) is 6.61 Å². The Morgan fingerprint density at radius 1 is 1.00 bits per heavy atom. The van der Waals surface area contributed by atoms with E-state index in [1.54, 1.807) is 30.5 Å². The number of ether oxygens (including phenoxy) is 1. The summed E-state index contributed by atoms with van der Waals surface area (Å²) in [5.74, 6) is 0.323. The van der Waals surface area contributed by atoms with Crippen molar-refractivity contribution in [3.63, 3.8) is 0 Å². The molecule has 1 N–H and O–H groups in total. The quantitative estimate of drug-likeness (QED) is 0.243. The molecule has 1 amide bonds. The molecule has 0 unspecified atom stereocenters. The predicted octanol–water partition coefficient (Wildman–Crippen LogP) is 6.60. The van der Waals surface area contributed by atoms with E-state index in [-0.39, 0.29) is 5.91 Å². The number of carbonyl (C=O) groups excluding carboxylic acids is 1. The second-order valence-corrected chi connectivity index (χ2v) is 8.17. The average Bonchev–Trinajstić information content (AvgIpc) is 2.78. The van der Waals surface area contributed by atoms with Gasteiger partial charge in [-0.3, -0.25) is 4.79 Å². The largest absolute Gasteiger partial charge is 0.488 e. The third kappa shape index (κ3) is 5.32. The van der Waals surface area contributed by atoms with Crippen LogP contribution in [0, 0.1) is 0 Å². The third-order valence-electron chi connectivity index (χ3n) is 4.69. The first-order valence-corrected chi connectivity index (χ1v) is 10.8. The minimum Gasteiger partial charge on any atom is -0.488 e. The number of fused-ring (bicyclic) bond motifs is 1. The van der Waals surface area contributed by atoms with Crippen molar-refractivity contribution in [1.29, 1.82) is 0 Å². The molecule has 0 aliphatic carbocycles. The molecule has 4 nitrogen and oxygen atoms in total. The van der Waals surface area contributed by atoms with E-state index in [1.807, 2.05) is 36.4 Å². The fourth-order valence-electron chi connectivity index (χ4n) is 3.18. The number of halogens is 2. The van der Waals surface area contributed by atoms with E-state index in [4.69, 9.17) is 16.3 Å². The van der Waals surface area contributed by atoms with Gasteiger partial charge in [0.2, 0.25) is 0 Å². The van der Waals surface area contributed by atoms with E-state index < -0.39 is 0 Å². The molecule has 0 aliphatic rings. The lowest BCUT2D eigenvalue weighted by Crippen LogP contribution is -2.17. The van der Waals surface area contributed by atoms with Crippen LogP contribution in [0.1, 0.15) is 21.5 Å². The Labute approximate surface area is 193 Å². The van der Waals surface area contributed by atoms with E-state index >= 15 is 0 Å². The first-order valence-electron chi connectivity index (χ1n) is 9.58. The Kier molecular flexibility index (Phi) is 6.65. The summed E-state index contributed by atoms with van der Waals surface area (Å²) in [6.45, 7) is 0.415. The van der Waals surface area contributed by atoms with Gasteiger partial charge in [0.1, 0.15) is 12.4 Å². The Bertz CT molecular complexity index is 1270. The summed E-state index contributed by atoms with van der Waals surface area (Å²) in [5.41, 5.74) is 4.79. The molecule has 0 heterocycles. The molecule has 4 aromatic rings. The van der Waals surface area contributed by atoms with Crippen molar-refractivity contribution < 1.29 is 9.53 Å². The minimum absolute atomic E-state index is 0.341. The van der Waals surface area contributed by atoms with Gasteiger partial charge in [0.15, 0.2) is 0 Å². The fourth-order valence-corrected chi connectivity index (χ4v) is 3.75. The van der Waals surface area contributed by atoms with Gasteiger partial charge in [-0.05, 0) is 52.7 Å². The number of rotatable bonds is 6. The zero-order valence-electron chi connectivity index (χ0n) is 16.4. The van der Waals surface area contributed by atoms with E-state index in [1.165, 1.54) is 5.39 Å². The number of benzene rings is 4. The van der Waals surface area contributed by atoms with Crippen LogP contribution in [0.4, 0.5) is 0 Å². The van der Waals surface area contributed by atoms with Crippen LogP contribution in [0.25, 0.3) is 10.8 Å². The van der Waals surface area contributed by atoms with Crippen LogP contribution in [0.2, 0.25) is 5.02 Å². The number of hydrazone groups is 1. The standard InChI is InChI=1S/C25H18BrClN2O2/c26-21-11-12-24(31-16-19-8-3-6-17-5-1-2-10-23(17)19)20(13-21)15-28-29-25(30)18-7-4-9-22(27)14-18/h1-15H,16H2,(H,29,30)/b28-15-. The molecule has 0 fully saturated rings. The van der Waals surface area contributed by atoms with Crippen molar-refractivity contribution in [2.24, 2.45) is 5.10 Å². The van der Waals surface area contributed by atoms with Gasteiger partial charge in [0.05, 0.1) is 6.21 Å². The molecular weight excluding hydrogens is 476 g/mol. The maximum atomic E-state index is 12.3. The highest BCUT2D eigenvalue weighted by molar-refractivity contribution is 9.10. The SMILES string of the molecule is O=C(N/N=C\c1cc(Br)ccc1OCc1cccc2ccccc12)c1cccc(Cl)c1. The van der Waals surface area contributed by atoms with Gasteiger partial charge in [-0.2, -0.15) is 5.10 Å². The third-order valence-corrected chi connectivity index (χ3v) is 5.42. The zero-order valence-corrected chi connectivity index (χ0v) is 18.7. The highest BCUT2D eigenvalue weighted by atomic mass is 79.9. The topological polar surface area (TPSA) is 50.7 Å². The highest BCUT2D eigenvalue weighted by Gasteiger charge is 2.07. The van der Waals surface area contributed by atoms with Crippen molar-refractivity contribution in [2.75, 3.05) is 0 Å². The van der Waals surface area contributed by atoms with Crippen LogP contribution >= 0.6 is 27.5 Å². The van der Waals surface area contributed by atoms with Gasteiger partial charge in [0, 0.05) is 20.6 Å². The van der Waals surface area contributed by atoms with Gasteiger partial charge in [0.25, 0.3) is 5.91 Å². The van der Waals surface area contributed by atoms with Gasteiger partial charge in [-0.15, -0.1) is 0 Å². The summed E-state index contributed by atoms with van der Waals surface area (Å²) in [7, 11) is 0. The van der Waals surface area contributed by atoms with E-state index in [2.05, 4.69) is 50.7 Å². The van der Waals surface area contributed by atoms with E-state index in [9.17, 15) is 4.79 Å². The molecule has 0 atom stereocenters. The Morgan fingerprint density at radius 3 is 2.68 bits per heavy atom. The normalized spacial score (nSPS) is 11.0. The van der Waals surface area contributed by atoms with Gasteiger partial charge < -0.3 is 4.74 Å². The maximum absolute atomic E-state index is 12.3. The average molecular weight is 494 g/mol. The van der Waals surface area contributed by atoms with Gasteiger partial charge in [-0.25, -0.2) is 5.43 Å². The number of hydrogen-bond acceptors (Lipinski definition) is 3. The van der Waals surface area contributed by atoms with Crippen LogP contribution in [-0.4, -0.2) is 12.1 Å². The number of nitrogens with zero attached hydrogens (tertiary/aromatic N) is 1. The lowest BCUT2D eigenvalue weighted by Gasteiger charge is -2.11. The van der Waals surface area contributed by atoms with Crippen LogP contribution in [0.3, 0.4) is 0 Å². The monoisotopic (exact) mass is 492 g/mol. The molecule has 0 aromatic heterocycles. The van der Waals surface area contributed by atoms with Crippen LogP contribution in [0.5, 0.6) is 5.75 Å². The molecule has 4 aromatic carbocycles. The van der Waals surface area contributed by atoms with Crippen molar-refractivity contribution in [2.45, 2.75) is 6.61 Å². The lowest BCUT2D eigenvalue weighted by molar-refractivity contribution is 0.0955. The molecule has 0 saturated heterocycles. The Morgan fingerprint density at radius 2 is 1.81 bits per heavy atom.